The van der Waals surface area contributed by atoms with Gasteiger partial charge < -0.3 is 25.0 Å². The highest BCUT2D eigenvalue weighted by atomic mass is 16.5. The summed E-state index contributed by atoms with van der Waals surface area (Å²) < 4.78 is 10.9. The van der Waals surface area contributed by atoms with Crippen molar-refractivity contribution in [2.75, 3.05) is 86.8 Å². The lowest BCUT2D eigenvalue weighted by atomic mass is 10.0. The third-order valence-electron chi connectivity index (χ3n) is 6.40. The molecule has 0 spiro atoms. The molecule has 1 aromatic rings. The first-order valence-electron chi connectivity index (χ1n) is 11.4. The van der Waals surface area contributed by atoms with Crippen LogP contribution in [-0.4, -0.2) is 113 Å². The molecule has 0 radical (unpaired) electrons. The lowest BCUT2D eigenvalue weighted by Gasteiger charge is -2.37. The van der Waals surface area contributed by atoms with Gasteiger partial charge in [-0.3, -0.25) is 14.8 Å². The van der Waals surface area contributed by atoms with E-state index >= 15 is 0 Å². The van der Waals surface area contributed by atoms with E-state index in [1.807, 2.05) is 19.2 Å². The van der Waals surface area contributed by atoms with Crippen molar-refractivity contribution in [2.45, 2.75) is 19.0 Å². The van der Waals surface area contributed by atoms with E-state index in [2.05, 4.69) is 56.4 Å². The Kier molecular flexibility index (Phi) is 9.39. The Morgan fingerprint density at radius 3 is 2.26 bits per heavy atom. The van der Waals surface area contributed by atoms with Crippen LogP contribution in [0.4, 0.5) is 0 Å². The largest absolute Gasteiger partial charge is 0.497 e. The number of guanidine groups is 1. The number of piperazine rings is 1. The molecule has 2 atom stereocenters. The zero-order valence-corrected chi connectivity index (χ0v) is 19.6. The lowest BCUT2D eigenvalue weighted by molar-refractivity contribution is 0.0170. The fourth-order valence-electron chi connectivity index (χ4n) is 4.22. The minimum atomic E-state index is 0.253. The maximum atomic E-state index is 5.57. The van der Waals surface area contributed by atoms with Crippen molar-refractivity contribution >= 4 is 5.96 Å². The molecule has 8 heteroatoms. The number of likely N-dealkylation sites (N-methyl/N-ethyl adjacent to an activating group) is 1. The molecule has 0 aromatic heterocycles. The van der Waals surface area contributed by atoms with Gasteiger partial charge in [-0.05, 0) is 31.7 Å². The smallest absolute Gasteiger partial charge is 0.191 e. The Morgan fingerprint density at radius 2 is 1.65 bits per heavy atom. The van der Waals surface area contributed by atoms with Crippen LogP contribution in [0.5, 0.6) is 5.75 Å². The number of benzene rings is 1. The number of methoxy groups -OCH3 is 1. The maximum absolute atomic E-state index is 5.57. The van der Waals surface area contributed by atoms with Gasteiger partial charge in [0.05, 0.1) is 26.4 Å². The molecule has 0 bridgehead atoms. The molecule has 2 aliphatic heterocycles. The fourth-order valence-corrected chi connectivity index (χ4v) is 4.22. The quantitative estimate of drug-likeness (QED) is 0.467. The van der Waals surface area contributed by atoms with Gasteiger partial charge in [-0.2, -0.15) is 0 Å². The Hall–Kier alpha value is -1.87. The summed E-state index contributed by atoms with van der Waals surface area (Å²) in [5, 5.41) is 7.08. The number of hydrogen-bond acceptors (Lipinski definition) is 6. The summed E-state index contributed by atoms with van der Waals surface area (Å²) in [5.74, 6) is 1.74. The van der Waals surface area contributed by atoms with Crippen LogP contribution in [0.25, 0.3) is 0 Å². The van der Waals surface area contributed by atoms with E-state index in [0.717, 1.165) is 77.3 Å². The first-order valence-corrected chi connectivity index (χ1v) is 11.4. The molecule has 2 aliphatic rings. The standard InChI is InChI=1S/C23H40N6O2/c1-19(28-11-9-27(3)10-12-28)17-25-23(24-2)26-18-22(29-13-15-31-16-14-29)20-5-7-21(30-4)8-6-20/h5-8,19,22H,9-18H2,1-4H3,(H2,24,25,26). The molecule has 0 amide bonds. The summed E-state index contributed by atoms with van der Waals surface area (Å²) in [6, 6.07) is 9.12. The van der Waals surface area contributed by atoms with Crippen molar-refractivity contribution in [3.05, 3.63) is 29.8 Å². The van der Waals surface area contributed by atoms with Crippen molar-refractivity contribution in [2.24, 2.45) is 4.99 Å². The number of rotatable bonds is 8. The number of hydrogen-bond donors (Lipinski definition) is 2. The number of nitrogens with zero attached hydrogens (tertiary/aromatic N) is 4. The van der Waals surface area contributed by atoms with E-state index in [9.17, 15) is 0 Å². The van der Waals surface area contributed by atoms with Gasteiger partial charge in [-0.25, -0.2) is 0 Å². The molecule has 174 valence electrons. The molecule has 2 fully saturated rings. The number of morpholine rings is 1. The normalized spacial score (nSPS) is 21.5. The van der Waals surface area contributed by atoms with Gasteiger partial charge in [0.1, 0.15) is 5.75 Å². The third kappa shape index (κ3) is 7.07. The van der Waals surface area contributed by atoms with Gasteiger partial charge in [0, 0.05) is 65.4 Å². The summed E-state index contributed by atoms with van der Waals surface area (Å²) in [4.78, 5) is 11.9. The predicted molar refractivity (Wildman–Crippen MR) is 126 cm³/mol. The Labute approximate surface area is 187 Å². The van der Waals surface area contributed by atoms with Gasteiger partial charge >= 0.3 is 0 Å². The number of ether oxygens (including phenoxy) is 2. The van der Waals surface area contributed by atoms with Crippen LogP contribution in [0.3, 0.4) is 0 Å². The number of nitrogens with one attached hydrogen (secondary N) is 2. The topological polar surface area (TPSA) is 64.6 Å². The molecule has 2 saturated heterocycles. The molecular formula is C23H40N6O2. The molecule has 3 rings (SSSR count). The van der Waals surface area contributed by atoms with Gasteiger partial charge in [-0.15, -0.1) is 0 Å². The zero-order valence-electron chi connectivity index (χ0n) is 19.6. The van der Waals surface area contributed by atoms with E-state index in [4.69, 9.17) is 9.47 Å². The maximum Gasteiger partial charge on any atom is 0.191 e. The van der Waals surface area contributed by atoms with Crippen molar-refractivity contribution in [1.29, 1.82) is 0 Å². The second kappa shape index (κ2) is 12.2. The van der Waals surface area contributed by atoms with Crippen molar-refractivity contribution in [3.63, 3.8) is 0 Å². The second-order valence-electron chi connectivity index (χ2n) is 8.46. The van der Waals surface area contributed by atoms with Crippen LogP contribution in [0.2, 0.25) is 0 Å². The molecular weight excluding hydrogens is 392 g/mol. The summed E-state index contributed by atoms with van der Waals surface area (Å²) in [7, 11) is 5.74. The first-order chi connectivity index (χ1) is 15.1. The van der Waals surface area contributed by atoms with Crippen molar-refractivity contribution in [1.82, 2.24) is 25.3 Å². The highest BCUT2D eigenvalue weighted by Gasteiger charge is 2.23. The van der Waals surface area contributed by atoms with Gasteiger partial charge in [0.15, 0.2) is 5.96 Å². The molecule has 0 saturated carbocycles. The summed E-state index contributed by atoms with van der Waals surface area (Å²) in [6.45, 7) is 11.9. The van der Waals surface area contributed by atoms with Gasteiger partial charge in [0.2, 0.25) is 0 Å². The minimum Gasteiger partial charge on any atom is -0.497 e. The van der Waals surface area contributed by atoms with E-state index in [1.54, 1.807) is 7.11 Å². The molecule has 2 heterocycles. The van der Waals surface area contributed by atoms with Crippen LogP contribution in [0.1, 0.15) is 18.5 Å². The average Bonchev–Trinajstić information content (AvgIpc) is 2.82. The zero-order chi connectivity index (χ0) is 22.1. The predicted octanol–water partition coefficient (Wildman–Crippen LogP) is 0.869. The summed E-state index contributed by atoms with van der Waals surface area (Å²) >= 11 is 0. The fraction of sp³-hybridized carbons (Fsp3) is 0.696. The molecule has 2 unspecified atom stereocenters. The van der Waals surface area contributed by atoms with E-state index in [-0.39, 0.29) is 6.04 Å². The minimum absolute atomic E-state index is 0.253. The Balaban J connectivity index is 1.55. The van der Waals surface area contributed by atoms with Crippen LogP contribution in [0, 0.1) is 0 Å². The van der Waals surface area contributed by atoms with Crippen molar-refractivity contribution < 1.29 is 9.47 Å². The lowest BCUT2D eigenvalue weighted by Crippen LogP contribution is -2.53. The van der Waals surface area contributed by atoms with Crippen molar-refractivity contribution in [3.8, 4) is 5.75 Å². The molecule has 2 N–H and O–H groups in total. The van der Waals surface area contributed by atoms with E-state index < -0.39 is 0 Å². The molecule has 8 nitrogen and oxygen atoms in total. The second-order valence-corrected chi connectivity index (χ2v) is 8.46. The summed E-state index contributed by atoms with van der Waals surface area (Å²) in [5.41, 5.74) is 1.27. The highest BCUT2D eigenvalue weighted by Crippen LogP contribution is 2.23. The monoisotopic (exact) mass is 432 g/mol. The van der Waals surface area contributed by atoms with E-state index in [0.29, 0.717) is 6.04 Å². The first kappa shape index (κ1) is 23.8. The van der Waals surface area contributed by atoms with Crippen LogP contribution in [-0.2, 0) is 4.74 Å². The van der Waals surface area contributed by atoms with Crippen LogP contribution < -0.4 is 15.4 Å². The molecule has 31 heavy (non-hydrogen) atoms. The Morgan fingerprint density at radius 1 is 1.00 bits per heavy atom. The van der Waals surface area contributed by atoms with Gasteiger partial charge in [-0.1, -0.05) is 12.1 Å². The molecule has 0 aliphatic carbocycles. The molecule has 1 aromatic carbocycles. The van der Waals surface area contributed by atoms with E-state index in [1.165, 1.54) is 5.56 Å². The number of aliphatic imine (C=N–C) groups is 1. The SMILES string of the molecule is CN=C(NCC(C)N1CCN(C)CC1)NCC(c1ccc(OC)cc1)N1CCOCC1. The Bertz CT molecular complexity index is 669. The highest BCUT2D eigenvalue weighted by molar-refractivity contribution is 5.79. The summed E-state index contributed by atoms with van der Waals surface area (Å²) in [6.07, 6.45) is 0. The van der Waals surface area contributed by atoms with Crippen LogP contribution in [0.15, 0.2) is 29.3 Å². The third-order valence-corrected chi connectivity index (χ3v) is 6.40. The van der Waals surface area contributed by atoms with Gasteiger partial charge in [0.25, 0.3) is 0 Å². The van der Waals surface area contributed by atoms with Crippen LogP contribution >= 0.6 is 0 Å². The average molecular weight is 433 g/mol.